The second kappa shape index (κ2) is 4.75. The van der Waals surface area contributed by atoms with Gasteiger partial charge in [-0.3, -0.25) is 4.90 Å². The third kappa shape index (κ3) is 2.34. The van der Waals surface area contributed by atoms with E-state index in [9.17, 15) is 4.79 Å². The molecule has 3 aliphatic rings. The minimum Gasteiger partial charge on any atom is -0.381 e. The summed E-state index contributed by atoms with van der Waals surface area (Å²) in [6, 6.07) is 0. The van der Waals surface area contributed by atoms with Gasteiger partial charge in [-0.15, -0.1) is 0 Å². The second-order valence-electron chi connectivity index (χ2n) is 8.07. The summed E-state index contributed by atoms with van der Waals surface area (Å²) < 4.78 is 5.61. The quantitative estimate of drug-likeness (QED) is 0.586. The third-order valence-electron chi connectivity index (χ3n) is 5.63. The molecule has 5 nitrogen and oxygen atoms in total. The molecule has 0 amide bonds. The lowest BCUT2D eigenvalue weighted by Crippen LogP contribution is -2.66. The Morgan fingerprint density at radius 2 is 1.81 bits per heavy atom. The van der Waals surface area contributed by atoms with E-state index in [1.165, 1.54) is 0 Å². The van der Waals surface area contributed by atoms with Gasteiger partial charge in [-0.2, -0.15) is 0 Å². The van der Waals surface area contributed by atoms with Gasteiger partial charge in [-0.25, -0.2) is 9.78 Å². The molecule has 3 atom stereocenters. The van der Waals surface area contributed by atoms with E-state index in [0.717, 1.165) is 32.1 Å². The number of hydrogen-bond acceptors (Lipinski definition) is 5. The first-order valence-electron chi connectivity index (χ1n) is 7.85. The first-order valence-corrected chi connectivity index (χ1v) is 7.85. The van der Waals surface area contributed by atoms with Crippen molar-refractivity contribution in [2.24, 2.45) is 5.92 Å². The molecule has 0 radical (unpaired) electrons. The number of ether oxygens (including phenoxy) is 1. The van der Waals surface area contributed by atoms with Gasteiger partial charge in [0.05, 0.1) is 12.0 Å². The van der Waals surface area contributed by atoms with E-state index in [4.69, 9.17) is 14.5 Å². The zero-order valence-corrected chi connectivity index (χ0v) is 13.7. The SMILES string of the molecule is COC1CC(C)(C)N(CC2OOC23CC3C=O)C(C)(C)C1. The molecule has 3 unspecified atom stereocenters. The molecule has 1 saturated carbocycles. The van der Waals surface area contributed by atoms with Crippen molar-refractivity contribution < 1.29 is 19.3 Å². The average molecular weight is 297 g/mol. The van der Waals surface area contributed by atoms with Gasteiger partial charge < -0.3 is 9.53 Å². The minimum absolute atomic E-state index is 0.00495. The van der Waals surface area contributed by atoms with E-state index in [-0.39, 0.29) is 28.7 Å². The fourth-order valence-corrected chi connectivity index (χ4v) is 4.39. The maximum absolute atomic E-state index is 11.0. The summed E-state index contributed by atoms with van der Waals surface area (Å²) in [6.07, 6.45) is 4.11. The zero-order valence-electron chi connectivity index (χ0n) is 13.7. The van der Waals surface area contributed by atoms with Gasteiger partial charge in [0.2, 0.25) is 0 Å². The lowest BCUT2D eigenvalue weighted by molar-refractivity contribution is -0.484. The lowest BCUT2D eigenvalue weighted by Gasteiger charge is -2.56. The Kier molecular flexibility index (Phi) is 3.49. The van der Waals surface area contributed by atoms with Crippen LogP contribution in [-0.4, -0.2) is 53.7 Å². The van der Waals surface area contributed by atoms with E-state index >= 15 is 0 Å². The van der Waals surface area contributed by atoms with Gasteiger partial charge >= 0.3 is 0 Å². The van der Waals surface area contributed by atoms with Crippen LogP contribution in [0.25, 0.3) is 0 Å². The summed E-state index contributed by atoms with van der Waals surface area (Å²) >= 11 is 0. The third-order valence-corrected chi connectivity index (χ3v) is 5.63. The van der Waals surface area contributed by atoms with Gasteiger partial charge in [0.15, 0.2) is 0 Å². The molecule has 1 spiro atoms. The highest BCUT2D eigenvalue weighted by Gasteiger charge is 2.70. The topological polar surface area (TPSA) is 48.0 Å². The monoisotopic (exact) mass is 297 g/mol. The molecule has 5 heteroatoms. The van der Waals surface area contributed by atoms with E-state index < -0.39 is 0 Å². The van der Waals surface area contributed by atoms with Gasteiger partial charge in [0.1, 0.15) is 18.0 Å². The number of nitrogens with zero attached hydrogens (tertiary/aromatic N) is 1. The number of aldehydes is 1. The summed E-state index contributed by atoms with van der Waals surface area (Å²) in [7, 11) is 1.79. The number of likely N-dealkylation sites (tertiary alicyclic amines) is 1. The largest absolute Gasteiger partial charge is 0.381 e. The summed E-state index contributed by atoms with van der Waals surface area (Å²) in [4.78, 5) is 24.1. The Bertz CT molecular complexity index is 418. The fraction of sp³-hybridized carbons (Fsp3) is 0.938. The number of carbonyl (C=O) groups is 1. The standard InChI is InChI=1S/C16H27NO4/c1-14(2)7-12(19-5)8-15(3,4)17(14)9-13-16(21-20-13)6-11(16)10-18/h10-13H,6-9H2,1-5H3. The Morgan fingerprint density at radius 3 is 2.19 bits per heavy atom. The van der Waals surface area contributed by atoms with Crippen molar-refractivity contribution in [3.05, 3.63) is 0 Å². The zero-order chi connectivity index (χ0) is 15.5. The van der Waals surface area contributed by atoms with E-state index in [2.05, 4.69) is 32.6 Å². The van der Waals surface area contributed by atoms with Crippen molar-refractivity contribution in [1.29, 1.82) is 0 Å². The molecule has 2 heterocycles. The molecule has 2 aliphatic heterocycles. The predicted molar refractivity (Wildman–Crippen MR) is 77.8 cm³/mol. The Balaban J connectivity index is 1.73. The van der Waals surface area contributed by atoms with Gasteiger partial charge in [0, 0.05) is 24.7 Å². The molecule has 0 aromatic rings. The second-order valence-corrected chi connectivity index (χ2v) is 8.07. The molecule has 0 N–H and O–H groups in total. The van der Waals surface area contributed by atoms with Crippen LogP contribution in [0.5, 0.6) is 0 Å². The summed E-state index contributed by atoms with van der Waals surface area (Å²) in [5.41, 5.74) is -0.256. The van der Waals surface area contributed by atoms with Crippen LogP contribution in [-0.2, 0) is 19.3 Å². The molecular formula is C16H27NO4. The van der Waals surface area contributed by atoms with E-state index in [0.29, 0.717) is 6.10 Å². The number of hydrogen-bond donors (Lipinski definition) is 0. The van der Waals surface area contributed by atoms with Crippen molar-refractivity contribution >= 4 is 6.29 Å². The van der Waals surface area contributed by atoms with Crippen LogP contribution in [0.1, 0.15) is 47.0 Å². The van der Waals surface area contributed by atoms with Crippen molar-refractivity contribution in [3.8, 4) is 0 Å². The molecule has 2 saturated heterocycles. The smallest absolute Gasteiger partial charge is 0.144 e. The van der Waals surface area contributed by atoms with Gasteiger partial charge in [-0.1, -0.05) is 0 Å². The van der Waals surface area contributed by atoms with E-state index in [1.807, 2.05) is 0 Å². The number of carbonyl (C=O) groups excluding carboxylic acids is 1. The molecule has 0 bridgehead atoms. The Labute approximate surface area is 126 Å². The lowest BCUT2D eigenvalue weighted by atomic mass is 9.77. The number of methoxy groups -OCH3 is 1. The minimum atomic E-state index is -0.327. The van der Waals surface area contributed by atoms with Gasteiger partial charge in [0.25, 0.3) is 0 Å². The fourth-order valence-electron chi connectivity index (χ4n) is 4.39. The molecular weight excluding hydrogens is 270 g/mol. The van der Waals surface area contributed by atoms with Crippen LogP contribution in [0.4, 0.5) is 0 Å². The van der Waals surface area contributed by atoms with Crippen LogP contribution >= 0.6 is 0 Å². The van der Waals surface area contributed by atoms with Crippen molar-refractivity contribution in [1.82, 2.24) is 4.90 Å². The van der Waals surface area contributed by atoms with Crippen LogP contribution in [0.2, 0.25) is 0 Å². The predicted octanol–water partition coefficient (Wildman–Crippen LogP) is 1.94. The Morgan fingerprint density at radius 1 is 1.19 bits per heavy atom. The van der Waals surface area contributed by atoms with Crippen molar-refractivity contribution in [3.63, 3.8) is 0 Å². The molecule has 0 aromatic heterocycles. The first kappa shape index (κ1) is 15.4. The number of piperidine rings is 1. The molecule has 21 heavy (non-hydrogen) atoms. The van der Waals surface area contributed by atoms with E-state index in [1.54, 1.807) is 7.11 Å². The number of rotatable bonds is 4. The summed E-state index contributed by atoms with van der Waals surface area (Å²) in [6.45, 7) is 9.85. The summed E-state index contributed by atoms with van der Waals surface area (Å²) in [5, 5.41) is 0. The average Bonchev–Trinajstić information content (AvgIpc) is 3.11. The maximum atomic E-state index is 11.0. The first-order chi connectivity index (χ1) is 9.75. The van der Waals surface area contributed by atoms with Crippen LogP contribution in [0.3, 0.4) is 0 Å². The summed E-state index contributed by atoms with van der Waals surface area (Å²) in [5.74, 6) is 0.0130. The maximum Gasteiger partial charge on any atom is 0.144 e. The van der Waals surface area contributed by atoms with Crippen molar-refractivity contribution in [2.75, 3.05) is 13.7 Å². The molecule has 3 fully saturated rings. The highest BCUT2D eigenvalue weighted by Crippen LogP contribution is 2.56. The molecule has 1 aliphatic carbocycles. The molecule has 0 aromatic carbocycles. The normalized spacial score (nSPS) is 41.8. The molecule has 3 rings (SSSR count). The van der Waals surface area contributed by atoms with Gasteiger partial charge in [-0.05, 0) is 47.0 Å². The van der Waals surface area contributed by atoms with Crippen LogP contribution in [0, 0.1) is 5.92 Å². The highest BCUT2D eigenvalue weighted by atomic mass is 17.3. The van der Waals surface area contributed by atoms with Crippen LogP contribution < -0.4 is 0 Å². The highest BCUT2D eigenvalue weighted by molar-refractivity contribution is 5.62. The Hall–Kier alpha value is -0.490. The van der Waals surface area contributed by atoms with Crippen LogP contribution in [0.15, 0.2) is 0 Å². The molecule has 120 valence electrons. The van der Waals surface area contributed by atoms with Crippen molar-refractivity contribution in [2.45, 2.75) is 75.8 Å².